The van der Waals surface area contributed by atoms with Crippen LogP contribution in [0.5, 0.6) is 0 Å². The molecule has 0 saturated carbocycles. The summed E-state index contributed by atoms with van der Waals surface area (Å²) in [5.41, 5.74) is 7.85. The number of carbonyl (C=O) groups is 1. The topological polar surface area (TPSA) is 87.4 Å². The number of anilines is 1. The van der Waals surface area contributed by atoms with Crippen LogP contribution in [0.3, 0.4) is 0 Å². The summed E-state index contributed by atoms with van der Waals surface area (Å²) >= 11 is 0. The van der Waals surface area contributed by atoms with Crippen LogP contribution in [0.15, 0.2) is 54.6 Å². The van der Waals surface area contributed by atoms with Crippen LogP contribution >= 0.6 is 0 Å². The third-order valence-corrected chi connectivity index (χ3v) is 5.99. The van der Waals surface area contributed by atoms with Crippen LogP contribution in [0, 0.1) is 5.92 Å². The minimum atomic E-state index is -0.484. The fourth-order valence-corrected chi connectivity index (χ4v) is 4.17. The van der Waals surface area contributed by atoms with Crippen LogP contribution in [-0.2, 0) is 17.9 Å². The molecule has 1 unspecified atom stereocenters. The summed E-state index contributed by atoms with van der Waals surface area (Å²) < 4.78 is 0. The van der Waals surface area contributed by atoms with Crippen molar-refractivity contribution in [2.75, 3.05) is 31.5 Å². The Bertz CT molecular complexity index is 1050. The molecule has 2 heterocycles. The van der Waals surface area contributed by atoms with E-state index in [0.29, 0.717) is 12.4 Å². The van der Waals surface area contributed by atoms with E-state index in [9.17, 15) is 4.79 Å². The van der Waals surface area contributed by atoms with Crippen molar-refractivity contribution in [2.24, 2.45) is 11.7 Å². The largest absolute Gasteiger partial charge is 0.368 e. The van der Waals surface area contributed by atoms with Gasteiger partial charge in [-0.25, -0.2) is 9.97 Å². The van der Waals surface area contributed by atoms with Crippen molar-refractivity contribution in [3.05, 3.63) is 66.0 Å². The number of hydrogen-bond acceptors (Lipinski definition) is 6. The zero-order valence-corrected chi connectivity index (χ0v) is 20.9. The molecule has 2 aromatic carbocycles. The molecule has 1 atom stereocenters. The van der Waals surface area contributed by atoms with Gasteiger partial charge in [-0.2, -0.15) is 0 Å². The Morgan fingerprint density at radius 3 is 2.12 bits per heavy atom. The highest BCUT2D eigenvalue weighted by Gasteiger charge is 2.22. The summed E-state index contributed by atoms with van der Waals surface area (Å²) in [6.45, 7) is 13.6. The maximum Gasteiger partial charge on any atom is 0.240 e. The molecule has 3 N–H and O–H groups in total. The number of hydrogen-bond donors (Lipinski definition) is 2. The molecule has 34 heavy (non-hydrogen) atoms. The van der Waals surface area contributed by atoms with Gasteiger partial charge in [0.2, 0.25) is 5.91 Å². The normalized spacial score (nSPS) is 15.6. The lowest BCUT2D eigenvalue weighted by atomic mass is 10.0. The Hall–Kier alpha value is -3.03. The number of aromatic nitrogens is 2. The van der Waals surface area contributed by atoms with Crippen LogP contribution < -0.4 is 11.1 Å². The van der Waals surface area contributed by atoms with Crippen molar-refractivity contribution in [2.45, 2.75) is 46.8 Å². The zero-order valence-electron chi connectivity index (χ0n) is 20.9. The first-order valence-corrected chi connectivity index (χ1v) is 12.3. The van der Waals surface area contributed by atoms with Crippen molar-refractivity contribution >= 4 is 22.6 Å². The molecular formula is C27H38N6O. The molecule has 1 saturated heterocycles. The Kier molecular flexibility index (Phi) is 9.36. The number of piperazine rings is 1. The minimum absolute atomic E-state index is 0.0577. The molecule has 3 aromatic rings. The van der Waals surface area contributed by atoms with Crippen molar-refractivity contribution in [1.29, 1.82) is 0 Å². The van der Waals surface area contributed by atoms with E-state index in [2.05, 4.69) is 45.4 Å². The third-order valence-electron chi connectivity index (χ3n) is 5.99. The Morgan fingerprint density at radius 1 is 0.912 bits per heavy atom. The first kappa shape index (κ1) is 25.6. The summed E-state index contributed by atoms with van der Waals surface area (Å²) in [4.78, 5) is 26.4. The van der Waals surface area contributed by atoms with Gasteiger partial charge in [-0.1, -0.05) is 70.2 Å². The van der Waals surface area contributed by atoms with Gasteiger partial charge >= 0.3 is 0 Å². The van der Waals surface area contributed by atoms with Gasteiger partial charge in [0.1, 0.15) is 17.7 Å². The fourth-order valence-electron chi connectivity index (χ4n) is 4.17. The maximum atomic E-state index is 11.9. The van der Waals surface area contributed by atoms with E-state index in [0.717, 1.165) is 49.5 Å². The van der Waals surface area contributed by atoms with Crippen LogP contribution in [-0.4, -0.2) is 57.9 Å². The summed E-state index contributed by atoms with van der Waals surface area (Å²) in [6, 6.07) is 18.0. The number of carbonyl (C=O) groups excluding carboxylic acids is 1. The lowest BCUT2D eigenvalue weighted by Gasteiger charge is -2.34. The van der Waals surface area contributed by atoms with Gasteiger partial charge in [0.25, 0.3) is 0 Å². The number of nitrogens with two attached hydrogens (primary N) is 1. The predicted molar refractivity (Wildman–Crippen MR) is 139 cm³/mol. The van der Waals surface area contributed by atoms with Gasteiger partial charge in [-0.15, -0.1) is 0 Å². The minimum Gasteiger partial charge on any atom is -0.368 e. The van der Waals surface area contributed by atoms with E-state index in [4.69, 9.17) is 15.7 Å². The molecule has 1 aliphatic rings. The molecule has 1 aromatic heterocycles. The second-order valence-corrected chi connectivity index (χ2v) is 8.81. The number of para-hydroxylation sites is 1. The van der Waals surface area contributed by atoms with Crippen LogP contribution in [0.1, 0.15) is 39.1 Å². The molecule has 0 bridgehead atoms. The molecule has 7 heteroatoms. The smallest absolute Gasteiger partial charge is 0.240 e. The quantitative estimate of drug-likeness (QED) is 0.528. The molecule has 182 valence electrons. The average molecular weight is 463 g/mol. The summed E-state index contributed by atoms with van der Waals surface area (Å²) in [7, 11) is 0. The van der Waals surface area contributed by atoms with Gasteiger partial charge in [0.05, 0.1) is 12.1 Å². The van der Waals surface area contributed by atoms with Crippen LogP contribution in [0.2, 0.25) is 0 Å². The number of nitrogens with one attached hydrogen (secondary N) is 1. The Morgan fingerprint density at radius 2 is 1.50 bits per heavy atom. The second kappa shape index (κ2) is 12.4. The van der Waals surface area contributed by atoms with Gasteiger partial charge in [-0.3, -0.25) is 14.6 Å². The number of amides is 1. The fraction of sp³-hybridized carbons (Fsp3) is 0.444. The molecule has 0 aliphatic carbocycles. The number of benzene rings is 2. The van der Waals surface area contributed by atoms with Crippen molar-refractivity contribution in [3.63, 3.8) is 0 Å². The highest BCUT2D eigenvalue weighted by atomic mass is 16.1. The predicted octanol–water partition coefficient (Wildman–Crippen LogP) is 3.90. The summed E-state index contributed by atoms with van der Waals surface area (Å²) in [5, 5.41) is 4.18. The van der Waals surface area contributed by atoms with Gasteiger partial charge in [0, 0.05) is 38.1 Å². The number of rotatable bonds is 8. The lowest BCUT2D eigenvalue weighted by Crippen LogP contribution is -2.45. The molecule has 7 nitrogen and oxygen atoms in total. The summed E-state index contributed by atoms with van der Waals surface area (Å²) in [5.74, 6) is 1.11. The Balaban J connectivity index is 0.00000158. The van der Waals surface area contributed by atoms with E-state index in [1.54, 1.807) is 0 Å². The van der Waals surface area contributed by atoms with E-state index < -0.39 is 6.04 Å². The standard InChI is InChI=1S/C25H32N6O.C2H6/c1-18(2)23(24(26)32)29-25-20-10-6-7-11-21(20)27-22(28-25)17-31-14-12-30(13-15-31)16-19-8-4-3-5-9-19;1-2/h3-11,18,23H,12-17H2,1-2H3,(H2,26,32)(H,27,28,29);1-2H3. The molecule has 0 radical (unpaired) electrons. The third kappa shape index (κ3) is 6.74. The Labute approximate surface area is 203 Å². The highest BCUT2D eigenvalue weighted by molar-refractivity contribution is 5.91. The molecule has 1 amide bonds. The van der Waals surface area contributed by atoms with Crippen molar-refractivity contribution < 1.29 is 4.79 Å². The first-order valence-electron chi connectivity index (χ1n) is 12.3. The van der Waals surface area contributed by atoms with Crippen molar-refractivity contribution in [1.82, 2.24) is 19.8 Å². The highest BCUT2D eigenvalue weighted by Crippen LogP contribution is 2.23. The molecule has 4 rings (SSSR count). The molecule has 0 spiro atoms. The number of primary amides is 1. The molecule has 1 fully saturated rings. The number of nitrogens with zero attached hydrogens (tertiary/aromatic N) is 4. The van der Waals surface area contributed by atoms with Gasteiger partial charge in [-0.05, 0) is 23.6 Å². The van der Waals surface area contributed by atoms with Crippen LogP contribution in [0.25, 0.3) is 10.9 Å². The SMILES string of the molecule is CC.CC(C)C(Nc1nc(CN2CCN(Cc3ccccc3)CC2)nc2ccccc12)C(N)=O. The summed E-state index contributed by atoms with van der Waals surface area (Å²) in [6.07, 6.45) is 0. The van der Waals surface area contributed by atoms with Crippen LogP contribution in [0.4, 0.5) is 5.82 Å². The molecular weight excluding hydrogens is 424 g/mol. The van der Waals surface area contributed by atoms with E-state index in [-0.39, 0.29) is 11.8 Å². The van der Waals surface area contributed by atoms with E-state index >= 15 is 0 Å². The maximum absolute atomic E-state index is 11.9. The van der Waals surface area contributed by atoms with Gasteiger partial charge in [0.15, 0.2) is 0 Å². The van der Waals surface area contributed by atoms with E-state index in [1.165, 1.54) is 5.56 Å². The lowest BCUT2D eigenvalue weighted by molar-refractivity contribution is -0.119. The monoisotopic (exact) mass is 462 g/mol. The second-order valence-electron chi connectivity index (χ2n) is 8.81. The zero-order chi connectivity index (χ0) is 24.5. The van der Waals surface area contributed by atoms with E-state index in [1.807, 2.05) is 52.0 Å². The van der Waals surface area contributed by atoms with Gasteiger partial charge < -0.3 is 11.1 Å². The van der Waals surface area contributed by atoms with Crippen molar-refractivity contribution in [3.8, 4) is 0 Å². The average Bonchev–Trinajstić information content (AvgIpc) is 2.85. The first-order chi connectivity index (χ1) is 16.5. The molecule has 1 aliphatic heterocycles. The number of fused-ring (bicyclic) bond motifs is 1.